The van der Waals surface area contributed by atoms with Gasteiger partial charge in [-0.15, -0.1) is 0 Å². The second-order valence-electron chi connectivity index (χ2n) is 4.63. The Kier molecular flexibility index (Phi) is 5.56. The average molecular weight is 318 g/mol. The molecule has 0 N–H and O–H groups in total. The molecule has 22 heavy (non-hydrogen) atoms. The van der Waals surface area contributed by atoms with E-state index in [0.29, 0.717) is 0 Å². The van der Waals surface area contributed by atoms with Crippen molar-refractivity contribution >= 4 is 26.0 Å². The molecule has 4 nitrogen and oxygen atoms in total. The van der Waals surface area contributed by atoms with E-state index in [-0.39, 0.29) is 0 Å². The molecule has 2 aromatic carbocycles. The molecule has 0 saturated heterocycles. The van der Waals surface area contributed by atoms with Crippen LogP contribution in [0.5, 0.6) is 23.0 Å². The van der Waals surface area contributed by atoms with Gasteiger partial charge in [0.2, 0.25) is 0 Å². The Hall–Kier alpha value is -1.87. The molecular formula is C16H20BO4P. The van der Waals surface area contributed by atoms with Crippen LogP contribution in [0, 0.1) is 0 Å². The van der Waals surface area contributed by atoms with Crippen LogP contribution in [0.25, 0.3) is 0 Å². The van der Waals surface area contributed by atoms with Gasteiger partial charge >= 0.3 is 0 Å². The maximum atomic E-state index is 5.52. The zero-order chi connectivity index (χ0) is 16.1. The standard InChI is InChI=1S/C16H20BO4P/c1-18-11-5-7-15(13(9-11)20-3)22(17)16-8-6-12(19-2)10-14(16)21-4/h5-10H,17H2,1-4H3. The Morgan fingerprint density at radius 2 is 1.09 bits per heavy atom. The quantitative estimate of drug-likeness (QED) is 0.600. The molecule has 2 rings (SSSR count). The lowest BCUT2D eigenvalue weighted by Gasteiger charge is -2.20. The fourth-order valence-corrected chi connectivity index (χ4v) is 4.08. The predicted octanol–water partition coefficient (Wildman–Crippen LogP) is 1.70. The number of methoxy groups -OCH3 is 4. The fourth-order valence-electron chi connectivity index (χ4n) is 2.25. The van der Waals surface area contributed by atoms with Crippen LogP contribution >= 0.6 is 7.80 Å². The first kappa shape index (κ1) is 16.5. The Bertz CT molecular complexity index is 593. The second-order valence-corrected chi connectivity index (χ2v) is 6.72. The number of benzene rings is 2. The maximum absolute atomic E-state index is 5.52. The number of ether oxygens (including phenoxy) is 4. The minimum Gasteiger partial charge on any atom is -0.497 e. The molecule has 6 heteroatoms. The summed E-state index contributed by atoms with van der Waals surface area (Å²) >= 11 is 0. The molecule has 2 aromatic rings. The number of hydrogen-bond donors (Lipinski definition) is 0. The minimum atomic E-state index is -0.620. The van der Waals surface area contributed by atoms with Crippen LogP contribution in [0.4, 0.5) is 0 Å². The third-order valence-corrected chi connectivity index (χ3v) is 5.68. The molecule has 0 saturated carbocycles. The highest BCUT2D eigenvalue weighted by Gasteiger charge is 2.18. The lowest BCUT2D eigenvalue weighted by atomic mass is 10.3. The summed E-state index contributed by atoms with van der Waals surface area (Å²) < 4.78 is 21.6. The topological polar surface area (TPSA) is 36.9 Å². The van der Waals surface area contributed by atoms with Crippen LogP contribution in [-0.2, 0) is 0 Å². The van der Waals surface area contributed by atoms with Crippen molar-refractivity contribution in [3.05, 3.63) is 36.4 Å². The predicted molar refractivity (Wildman–Crippen MR) is 93.8 cm³/mol. The van der Waals surface area contributed by atoms with Crippen molar-refractivity contribution in [1.29, 1.82) is 0 Å². The summed E-state index contributed by atoms with van der Waals surface area (Å²) in [6, 6.07) is 11.8. The molecule has 0 aliphatic heterocycles. The highest BCUT2D eigenvalue weighted by molar-refractivity contribution is 7.94. The fraction of sp³-hybridized carbons (Fsp3) is 0.250. The van der Waals surface area contributed by atoms with E-state index in [0.717, 1.165) is 33.6 Å². The summed E-state index contributed by atoms with van der Waals surface area (Å²) in [5.74, 6) is 3.22. The number of rotatable bonds is 6. The van der Waals surface area contributed by atoms with Gasteiger partial charge < -0.3 is 18.9 Å². The molecular weight excluding hydrogens is 298 g/mol. The van der Waals surface area contributed by atoms with Gasteiger partial charge in [-0.2, -0.15) is 0 Å². The number of hydrogen-bond acceptors (Lipinski definition) is 4. The molecule has 0 radical (unpaired) electrons. The molecule has 0 unspecified atom stereocenters. The van der Waals surface area contributed by atoms with Crippen LogP contribution in [0.3, 0.4) is 0 Å². The van der Waals surface area contributed by atoms with Crippen molar-refractivity contribution < 1.29 is 18.9 Å². The van der Waals surface area contributed by atoms with Crippen molar-refractivity contribution in [2.45, 2.75) is 0 Å². The Morgan fingerprint density at radius 3 is 1.41 bits per heavy atom. The van der Waals surface area contributed by atoms with Gasteiger partial charge in [0.05, 0.1) is 28.4 Å². The first-order valence-corrected chi connectivity index (χ1v) is 8.61. The molecule has 0 atom stereocenters. The van der Waals surface area contributed by atoms with E-state index in [1.807, 2.05) is 36.4 Å². The molecule has 0 spiro atoms. The molecule has 0 bridgehead atoms. The van der Waals surface area contributed by atoms with E-state index in [1.54, 1.807) is 28.4 Å². The van der Waals surface area contributed by atoms with E-state index >= 15 is 0 Å². The van der Waals surface area contributed by atoms with Crippen molar-refractivity contribution in [2.24, 2.45) is 0 Å². The lowest BCUT2D eigenvalue weighted by Crippen LogP contribution is -2.16. The van der Waals surface area contributed by atoms with E-state index in [4.69, 9.17) is 18.9 Å². The van der Waals surface area contributed by atoms with Crippen LogP contribution in [-0.4, -0.2) is 36.0 Å². The molecule has 0 heterocycles. The van der Waals surface area contributed by atoms with Crippen molar-refractivity contribution in [3.63, 3.8) is 0 Å². The van der Waals surface area contributed by atoms with Crippen molar-refractivity contribution in [1.82, 2.24) is 0 Å². The van der Waals surface area contributed by atoms with Crippen LogP contribution in [0.1, 0.15) is 0 Å². The molecule has 116 valence electrons. The molecule has 0 aliphatic carbocycles. The zero-order valence-corrected chi connectivity index (χ0v) is 14.4. The van der Waals surface area contributed by atoms with Gasteiger partial charge in [-0.3, -0.25) is 0 Å². The average Bonchev–Trinajstić information content (AvgIpc) is 2.59. The summed E-state index contributed by atoms with van der Waals surface area (Å²) in [6.07, 6.45) is 0. The third-order valence-electron chi connectivity index (χ3n) is 3.50. The normalized spacial score (nSPS) is 10.4. The van der Waals surface area contributed by atoms with Crippen molar-refractivity contribution in [3.8, 4) is 23.0 Å². The highest BCUT2D eigenvalue weighted by atomic mass is 31.1. The first-order chi connectivity index (χ1) is 10.6. The van der Waals surface area contributed by atoms with Gasteiger partial charge in [-0.1, -0.05) is 7.80 Å². The van der Waals surface area contributed by atoms with Crippen LogP contribution in [0.15, 0.2) is 36.4 Å². The monoisotopic (exact) mass is 318 g/mol. The Balaban J connectivity index is 2.45. The van der Waals surface area contributed by atoms with Gasteiger partial charge in [-0.05, 0) is 24.3 Å². The summed E-state index contributed by atoms with van der Waals surface area (Å²) in [5.41, 5.74) is 0. The summed E-state index contributed by atoms with van der Waals surface area (Å²) in [7, 11) is 8.21. The van der Waals surface area contributed by atoms with Gasteiger partial charge in [0, 0.05) is 22.7 Å². The molecule has 0 aromatic heterocycles. The molecule has 0 aliphatic rings. The van der Waals surface area contributed by atoms with Crippen LogP contribution < -0.4 is 29.6 Å². The Labute approximate surface area is 133 Å². The summed E-state index contributed by atoms with van der Waals surface area (Å²) in [4.78, 5) is 0. The Morgan fingerprint density at radius 1 is 0.682 bits per heavy atom. The second kappa shape index (κ2) is 7.41. The smallest absolute Gasteiger partial charge is 0.146 e. The van der Waals surface area contributed by atoms with E-state index in [9.17, 15) is 0 Å². The first-order valence-electron chi connectivity index (χ1n) is 6.82. The molecule has 0 amide bonds. The maximum Gasteiger partial charge on any atom is 0.146 e. The van der Waals surface area contributed by atoms with Crippen LogP contribution in [0.2, 0.25) is 0 Å². The SMILES string of the molecule is BP(c1ccc(OC)cc1OC)c1ccc(OC)cc1OC. The largest absolute Gasteiger partial charge is 0.497 e. The van der Waals surface area contributed by atoms with E-state index < -0.39 is 7.80 Å². The lowest BCUT2D eigenvalue weighted by molar-refractivity contribution is 0.396. The van der Waals surface area contributed by atoms with Gasteiger partial charge in [0.1, 0.15) is 30.6 Å². The van der Waals surface area contributed by atoms with Gasteiger partial charge in [-0.25, -0.2) is 0 Å². The highest BCUT2D eigenvalue weighted by Crippen LogP contribution is 2.37. The van der Waals surface area contributed by atoms with Gasteiger partial charge in [0.25, 0.3) is 0 Å². The van der Waals surface area contributed by atoms with E-state index in [2.05, 4.69) is 7.57 Å². The van der Waals surface area contributed by atoms with Gasteiger partial charge in [0.15, 0.2) is 0 Å². The zero-order valence-electron chi connectivity index (χ0n) is 13.5. The van der Waals surface area contributed by atoms with E-state index in [1.165, 1.54) is 0 Å². The van der Waals surface area contributed by atoms with Crippen molar-refractivity contribution in [2.75, 3.05) is 28.4 Å². The third kappa shape index (κ3) is 3.31. The minimum absolute atomic E-state index is 0.620. The summed E-state index contributed by atoms with van der Waals surface area (Å²) in [5, 5.41) is 2.28. The summed E-state index contributed by atoms with van der Waals surface area (Å²) in [6.45, 7) is 0. The molecule has 0 fully saturated rings.